The van der Waals surface area contributed by atoms with Gasteiger partial charge in [0.05, 0.1) is 23.9 Å². The molecule has 1 aromatic carbocycles. The summed E-state index contributed by atoms with van der Waals surface area (Å²) in [6, 6.07) is 5.39. The third-order valence-electron chi connectivity index (χ3n) is 3.34. The third kappa shape index (κ3) is 5.19. The molecule has 0 radical (unpaired) electrons. The number of rotatable bonds is 5. The normalized spacial score (nSPS) is 17.5. The molecule has 136 valence electrons. The molecular weight excluding hydrogens is 399 g/mol. The van der Waals surface area contributed by atoms with Gasteiger partial charge in [-0.25, -0.2) is 18.0 Å². The molecule has 1 aliphatic heterocycles. The van der Waals surface area contributed by atoms with Gasteiger partial charge >= 0.3 is 41.6 Å². The van der Waals surface area contributed by atoms with Gasteiger partial charge in [-0.3, -0.25) is 4.84 Å². The molecule has 2 amide bonds. The fraction of sp³-hybridized carbons (Fsp3) is 0.286. The molecule has 1 aromatic rings. The summed E-state index contributed by atoms with van der Waals surface area (Å²) in [6.45, 7) is -0.0590. The number of amides is 2. The molecule has 1 heterocycles. The zero-order valence-electron chi connectivity index (χ0n) is 14.2. The van der Waals surface area contributed by atoms with Gasteiger partial charge in [0.1, 0.15) is 16.7 Å². The number of benzene rings is 1. The van der Waals surface area contributed by atoms with Gasteiger partial charge < -0.3 is 14.2 Å². The van der Waals surface area contributed by atoms with E-state index in [4.69, 9.17) is 16.4 Å². The van der Waals surface area contributed by atoms with E-state index in [0.717, 1.165) is 18.3 Å². The van der Waals surface area contributed by atoms with Gasteiger partial charge in [-0.2, -0.15) is 5.06 Å². The van der Waals surface area contributed by atoms with Crippen LogP contribution in [0.3, 0.4) is 0 Å². The van der Waals surface area contributed by atoms with E-state index in [1.807, 2.05) is 0 Å². The second-order valence-corrected chi connectivity index (χ2v) is 6.91. The van der Waals surface area contributed by atoms with Crippen LogP contribution < -0.4 is 29.6 Å². The molecule has 0 saturated heterocycles. The van der Waals surface area contributed by atoms with E-state index in [-0.39, 0.29) is 41.2 Å². The Balaban J connectivity index is 0.00000338. The van der Waals surface area contributed by atoms with Crippen LogP contribution in [-0.2, 0) is 26.3 Å². The van der Waals surface area contributed by atoms with E-state index in [1.165, 1.54) is 19.2 Å². The number of esters is 1. The van der Waals surface area contributed by atoms with Gasteiger partial charge in [0.2, 0.25) is 0 Å². The molecule has 0 saturated carbocycles. The van der Waals surface area contributed by atoms with E-state index in [2.05, 4.69) is 4.74 Å². The fourth-order valence-corrected chi connectivity index (χ4v) is 3.47. The van der Waals surface area contributed by atoms with E-state index >= 15 is 0 Å². The van der Waals surface area contributed by atoms with Crippen molar-refractivity contribution in [2.75, 3.05) is 14.2 Å². The number of hydrogen-bond donors (Lipinski definition) is 0. The van der Waals surface area contributed by atoms with Crippen molar-refractivity contribution in [3.63, 3.8) is 0 Å². The average molecular weight is 413 g/mol. The predicted octanol–water partition coefficient (Wildman–Crippen LogP) is -1.77. The van der Waals surface area contributed by atoms with Crippen LogP contribution in [0.4, 0.5) is 4.79 Å². The summed E-state index contributed by atoms with van der Waals surface area (Å²) >= 11 is 5.79. The maximum Gasteiger partial charge on any atom is 1.00 e. The molecule has 0 N–H and O–H groups in total. The minimum absolute atomic E-state index is 0. The Bertz CT molecular complexity index is 813. The van der Waals surface area contributed by atoms with Gasteiger partial charge in [0, 0.05) is 7.05 Å². The first kappa shape index (κ1) is 22.9. The number of nitrogens with zero attached hydrogens (tertiary/aromatic N) is 2. The Morgan fingerprint density at radius 2 is 1.88 bits per heavy atom. The van der Waals surface area contributed by atoms with Crippen LogP contribution in [0.15, 0.2) is 35.5 Å². The van der Waals surface area contributed by atoms with Crippen molar-refractivity contribution in [1.82, 2.24) is 9.96 Å². The second-order valence-electron chi connectivity index (χ2n) is 5.04. The molecular formula is C14H14ClN2NaO7S. The van der Waals surface area contributed by atoms with Gasteiger partial charge in [0.25, 0.3) is 0 Å². The number of urea groups is 1. The molecule has 0 aliphatic carbocycles. The number of methoxy groups -OCH3 is 1. The van der Waals surface area contributed by atoms with Crippen molar-refractivity contribution in [3.8, 4) is 0 Å². The zero-order chi connectivity index (χ0) is 18.8. The number of halogens is 1. The second kappa shape index (κ2) is 9.18. The molecule has 0 bridgehead atoms. The van der Waals surface area contributed by atoms with Crippen molar-refractivity contribution in [2.45, 2.75) is 12.0 Å². The van der Waals surface area contributed by atoms with E-state index in [1.54, 1.807) is 12.1 Å². The first-order valence-corrected chi connectivity index (χ1v) is 8.68. The number of hydrogen-bond acceptors (Lipinski definition) is 7. The summed E-state index contributed by atoms with van der Waals surface area (Å²) in [5.41, 5.74) is 0.984. The van der Waals surface area contributed by atoms with Gasteiger partial charge in [-0.1, -0.05) is 23.7 Å². The van der Waals surface area contributed by atoms with Crippen molar-refractivity contribution in [1.29, 1.82) is 0 Å². The molecule has 0 spiro atoms. The summed E-state index contributed by atoms with van der Waals surface area (Å²) < 4.78 is 38.1. The SMILES string of the molecule is COC(=O)c1ccc(CON2C=C(Cl)C(S(=O)(=O)[O-])N(C)C2=O)cc1.[Na+]. The van der Waals surface area contributed by atoms with Crippen molar-refractivity contribution >= 4 is 33.7 Å². The monoisotopic (exact) mass is 412 g/mol. The fourth-order valence-electron chi connectivity index (χ4n) is 2.09. The van der Waals surface area contributed by atoms with Gasteiger partial charge in [-0.05, 0) is 17.7 Å². The number of ether oxygens (including phenoxy) is 1. The van der Waals surface area contributed by atoms with E-state index in [0.29, 0.717) is 16.0 Å². The van der Waals surface area contributed by atoms with Gasteiger partial charge in [0.15, 0.2) is 5.37 Å². The van der Waals surface area contributed by atoms with Crippen LogP contribution in [0.2, 0.25) is 0 Å². The summed E-state index contributed by atoms with van der Waals surface area (Å²) in [5.74, 6) is -0.486. The Morgan fingerprint density at radius 3 is 2.38 bits per heavy atom. The molecule has 9 nitrogen and oxygen atoms in total. The van der Waals surface area contributed by atoms with Crippen LogP contribution in [0, 0.1) is 0 Å². The van der Waals surface area contributed by atoms with Crippen LogP contribution in [0.5, 0.6) is 0 Å². The summed E-state index contributed by atoms with van der Waals surface area (Å²) in [5, 5.41) is -1.42. The van der Waals surface area contributed by atoms with Gasteiger partial charge in [-0.15, -0.1) is 0 Å². The first-order valence-electron chi connectivity index (χ1n) is 6.83. The Morgan fingerprint density at radius 1 is 1.31 bits per heavy atom. The van der Waals surface area contributed by atoms with Crippen molar-refractivity contribution in [3.05, 3.63) is 46.6 Å². The summed E-state index contributed by atoms with van der Waals surface area (Å²) in [6.07, 6.45) is 0.937. The summed E-state index contributed by atoms with van der Waals surface area (Å²) in [7, 11) is -2.44. The molecule has 1 unspecified atom stereocenters. The standard InChI is InChI=1S/C14H15ClN2O7S.Na/c1-16-12(25(20,21)22)11(15)7-17(14(16)19)24-8-9-3-5-10(6-4-9)13(18)23-2;/h3-7,12H,8H2,1-2H3,(H,20,21,22);/q;+1/p-1. The van der Waals surface area contributed by atoms with Crippen LogP contribution in [0.25, 0.3) is 0 Å². The third-order valence-corrected chi connectivity index (χ3v) is 4.89. The zero-order valence-corrected chi connectivity index (χ0v) is 17.8. The Kier molecular flexibility index (Phi) is 8.08. The largest absolute Gasteiger partial charge is 1.00 e. The van der Waals surface area contributed by atoms with E-state index < -0.39 is 27.5 Å². The first-order chi connectivity index (χ1) is 11.6. The Hall–Kier alpha value is -1.14. The molecule has 0 fully saturated rings. The van der Waals surface area contributed by atoms with Crippen LogP contribution >= 0.6 is 11.6 Å². The minimum Gasteiger partial charge on any atom is -0.746 e. The number of carbonyl (C=O) groups excluding carboxylic acids is 2. The van der Waals surface area contributed by atoms with Crippen LogP contribution in [0.1, 0.15) is 15.9 Å². The maximum atomic E-state index is 12.1. The quantitative estimate of drug-likeness (QED) is 0.319. The topological polar surface area (TPSA) is 116 Å². The molecule has 0 aromatic heterocycles. The Labute approximate surface area is 177 Å². The number of hydroxylamine groups is 2. The smallest absolute Gasteiger partial charge is 0.746 e. The molecule has 1 atom stereocenters. The molecule has 1 aliphatic rings. The molecule has 26 heavy (non-hydrogen) atoms. The molecule has 2 rings (SSSR count). The predicted molar refractivity (Wildman–Crippen MR) is 85.0 cm³/mol. The van der Waals surface area contributed by atoms with Crippen molar-refractivity contribution < 1.29 is 61.7 Å². The summed E-state index contributed by atoms with van der Waals surface area (Å²) in [4.78, 5) is 29.4. The number of likely N-dealkylation sites (N-methyl/N-ethyl adjacent to an activating group) is 1. The van der Waals surface area contributed by atoms with E-state index in [9.17, 15) is 22.6 Å². The molecule has 12 heteroatoms. The number of carbonyl (C=O) groups is 2. The minimum atomic E-state index is -4.83. The van der Waals surface area contributed by atoms with Crippen molar-refractivity contribution in [2.24, 2.45) is 0 Å². The van der Waals surface area contributed by atoms with Crippen LogP contribution in [-0.4, -0.2) is 54.5 Å². The average Bonchev–Trinajstić information content (AvgIpc) is 2.55. The maximum absolute atomic E-state index is 12.1.